The number of nitrogens with zero attached hydrogens (tertiary/aromatic N) is 1. The Morgan fingerprint density at radius 1 is 1.17 bits per heavy atom. The number of piperidine rings is 1. The van der Waals surface area contributed by atoms with Crippen LogP contribution in [0.2, 0.25) is 0 Å². The van der Waals surface area contributed by atoms with Crippen LogP contribution in [0.1, 0.15) is 51.1 Å². The van der Waals surface area contributed by atoms with Crippen molar-refractivity contribution in [1.82, 2.24) is 4.90 Å². The first-order valence-electron chi connectivity index (χ1n) is 8.71. The lowest BCUT2D eigenvalue weighted by Gasteiger charge is -2.49. The Hall–Kier alpha value is -1.59. The second-order valence-electron chi connectivity index (χ2n) is 6.20. The van der Waals surface area contributed by atoms with Crippen molar-refractivity contribution in [1.29, 1.82) is 0 Å². The zero-order valence-corrected chi connectivity index (χ0v) is 15.2. The molecule has 0 bridgehead atoms. The van der Waals surface area contributed by atoms with Gasteiger partial charge in [0.1, 0.15) is 0 Å². The third-order valence-electron chi connectivity index (χ3n) is 4.81. The quantitative estimate of drug-likeness (QED) is 0.733. The van der Waals surface area contributed by atoms with Crippen molar-refractivity contribution >= 4 is 6.09 Å². The third-order valence-corrected chi connectivity index (χ3v) is 4.81. The highest BCUT2D eigenvalue weighted by molar-refractivity contribution is 5.69. The number of ether oxygens (including phenoxy) is 3. The minimum atomic E-state index is -0.677. The molecule has 0 N–H and O–H groups in total. The van der Waals surface area contributed by atoms with Gasteiger partial charge in [0.15, 0.2) is 5.79 Å². The molecule has 1 aromatic carbocycles. The normalized spacial score (nSPS) is 23.1. The van der Waals surface area contributed by atoms with Gasteiger partial charge in [-0.3, -0.25) is 4.90 Å². The van der Waals surface area contributed by atoms with Crippen molar-refractivity contribution in [3.05, 3.63) is 35.9 Å². The summed E-state index contributed by atoms with van der Waals surface area (Å²) in [6.45, 7) is 4.33. The molecular formula is C19H29NO4. The van der Waals surface area contributed by atoms with Crippen molar-refractivity contribution in [2.45, 2.75) is 57.4 Å². The van der Waals surface area contributed by atoms with Crippen molar-refractivity contribution in [3.63, 3.8) is 0 Å². The summed E-state index contributed by atoms with van der Waals surface area (Å²) in [5.74, 6) is -0.677. The van der Waals surface area contributed by atoms with E-state index in [2.05, 4.69) is 6.92 Å². The first-order chi connectivity index (χ1) is 11.6. The van der Waals surface area contributed by atoms with E-state index >= 15 is 0 Å². The largest absolute Gasteiger partial charge is 0.450 e. The van der Waals surface area contributed by atoms with Gasteiger partial charge in [0.05, 0.1) is 12.6 Å². The maximum Gasteiger partial charge on any atom is 0.410 e. The Kier molecular flexibility index (Phi) is 6.63. The molecule has 1 amide bonds. The molecule has 0 radical (unpaired) electrons. The summed E-state index contributed by atoms with van der Waals surface area (Å²) < 4.78 is 16.8. The Balaban J connectivity index is 2.43. The number of likely N-dealkylation sites (tertiary alicyclic amines) is 1. The molecule has 2 unspecified atom stereocenters. The topological polar surface area (TPSA) is 48.0 Å². The summed E-state index contributed by atoms with van der Waals surface area (Å²) in [7, 11) is 3.35. The molecule has 5 nitrogen and oxygen atoms in total. The summed E-state index contributed by atoms with van der Waals surface area (Å²) >= 11 is 0. The van der Waals surface area contributed by atoms with Crippen LogP contribution in [-0.2, 0) is 14.2 Å². The minimum Gasteiger partial charge on any atom is -0.450 e. The average molecular weight is 335 g/mol. The van der Waals surface area contributed by atoms with Crippen LogP contribution in [0, 0.1) is 0 Å². The van der Waals surface area contributed by atoms with Gasteiger partial charge in [0.2, 0.25) is 0 Å². The number of rotatable bonds is 6. The van der Waals surface area contributed by atoms with E-state index in [-0.39, 0.29) is 18.2 Å². The van der Waals surface area contributed by atoms with Crippen LogP contribution in [0.3, 0.4) is 0 Å². The number of carbonyl (C=O) groups is 1. The Bertz CT molecular complexity index is 515. The first-order valence-corrected chi connectivity index (χ1v) is 8.71. The lowest BCUT2D eigenvalue weighted by Crippen LogP contribution is -2.55. The van der Waals surface area contributed by atoms with E-state index in [4.69, 9.17) is 14.2 Å². The third kappa shape index (κ3) is 3.90. The summed E-state index contributed by atoms with van der Waals surface area (Å²) in [6, 6.07) is 9.93. The van der Waals surface area contributed by atoms with E-state index in [0.717, 1.165) is 18.4 Å². The number of amides is 1. The Labute approximate surface area is 144 Å². The van der Waals surface area contributed by atoms with Crippen LogP contribution in [0.5, 0.6) is 0 Å². The molecular weight excluding hydrogens is 306 g/mol. The highest BCUT2D eigenvalue weighted by Gasteiger charge is 2.48. The van der Waals surface area contributed by atoms with Crippen LogP contribution < -0.4 is 0 Å². The maximum atomic E-state index is 12.7. The van der Waals surface area contributed by atoms with E-state index in [1.807, 2.05) is 42.2 Å². The fraction of sp³-hybridized carbons (Fsp3) is 0.632. The number of methoxy groups -OCH3 is 2. The van der Waals surface area contributed by atoms with Crippen molar-refractivity contribution in [2.75, 3.05) is 20.8 Å². The molecule has 0 aliphatic carbocycles. The van der Waals surface area contributed by atoms with Gasteiger partial charge in [0.25, 0.3) is 0 Å². The lowest BCUT2D eigenvalue weighted by molar-refractivity contribution is -0.246. The number of benzene rings is 1. The smallest absolute Gasteiger partial charge is 0.410 e. The molecule has 1 fully saturated rings. The van der Waals surface area contributed by atoms with E-state index in [9.17, 15) is 4.79 Å². The standard InChI is InChI=1S/C19H29NO4/c1-5-10-16-13-19(22-3,23-4)14-17(15-11-8-7-9-12-15)20(16)18(21)24-6-2/h7-9,11-12,16-17H,5-6,10,13-14H2,1-4H3. The highest BCUT2D eigenvalue weighted by atomic mass is 16.7. The summed E-state index contributed by atoms with van der Waals surface area (Å²) in [6.07, 6.45) is 2.84. The molecule has 24 heavy (non-hydrogen) atoms. The van der Waals surface area contributed by atoms with Crippen LogP contribution in [0.4, 0.5) is 4.79 Å². The van der Waals surface area contributed by atoms with E-state index in [0.29, 0.717) is 19.4 Å². The molecule has 0 aromatic heterocycles. The predicted molar refractivity (Wildman–Crippen MR) is 92.7 cm³/mol. The number of carbonyl (C=O) groups excluding carboxylic acids is 1. The van der Waals surface area contributed by atoms with Crippen molar-refractivity contribution < 1.29 is 19.0 Å². The maximum absolute atomic E-state index is 12.7. The van der Waals surface area contributed by atoms with Crippen LogP contribution in [-0.4, -0.2) is 43.6 Å². The molecule has 1 heterocycles. The summed E-state index contributed by atoms with van der Waals surface area (Å²) in [4.78, 5) is 14.6. The van der Waals surface area contributed by atoms with E-state index < -0.39 is 5.79 Å². The minimum absolute atomic E-state index is 0.0212. The van der Waals surface area contributed by atoms with Gasteiger partial charge in [-0.15, -0.1) is 0 Å². The number of hydrogen-bond donors (Lipinski definition) is 0. The first kappa shape index (κ1) is 18.7. The molecule has 1 saturated heterocycles. The second-order valence-corrected chi connectivity index (χ2v) is 6.20. The van der Waals surface area contributed by atoms with Crippen molar-refractivity contribution in [3.8, 4) is 0 Å². The zero-order valence-electron chi connectivity index (χ0n) is 15.2. The van der Waals surface area contributed by atoms with Gasteiger partial charge in [0, 0.05) is 33.1 Å². The Morgan fingerprint density at radius 2 is 1.83 bits per heavy atom. The van der Waals surface area contributed by atoms with Gasteiger partial charge >= 0.3 is 6.09 Å². The van der Waals surface area contributed by atoms with Gasteiger partial charge < -0.3 is 14.2 Å². The lowest BCUT2D eigenvalue weighted by atomic mass is 9.85. The van der Waals surface area contributed by atoms with Gasteiger partial charge in [-0.05, 0) is 18.9 Å². The fourth-order valence-corrected chi connectivity index (χ4v) is 3.61. The predicted octanol–water partition coefficient (Wildman–Crippen LogP) is 4.14. The van der Waals surface area contributed by atoms with Crippen molar-refractivity contribution in [2.24, 2.45) is 0 Å². The molecule has 0 spiro atoms. The molecule has 1 aliphatic rings. The molecule has 1 aliphatic heterocycles. The van der Waals surface area contributed by atoms with Gasteiger partial charge in [-0.2, -0.15) is 0 Å². The Morgan fingerprint density at radius 3 is 2.38 bits per heavy atom. The second kappa shape index (κ2) is 8.49. The fourth-order valence-electron chi connectivity index (χ4n) is 3.61. The zero-order chi connectivity index (χ0) is 17.6. The monoisotopic (exact) mass is 335 g/mol. The number of hydrogen-bond acceptors (Lipinski definition) is 4. The molecule has 0 saturated carbocycles. The molecule has 1 aromatic rings. The summed E-state index contributed by atoms with van der Waals surface area (Å²) in [5, 5.41) is 0. The highest BCUT2D eigenvalue weighted by Crippen LogP contribution is 2.43. The molecule has 2 atom stereocenters. The van der Waals surface area contributed by atoms with Crippen LogP contribution in [0.15, 0.2) is 30.3 Å². The van der Waals surface area contributed by atoms with E-state index in [1.165, 1.54) is 0 Å². The van der Waals surface area contributed by atoms with Crippen LogP contribution >= 0.6 is 0 Å². The van der Waals surface area contributed by atoms with E-state index in [1.54, 1.807) is 14.2 Å². The van der Waals surface area contributed by atoms with Gasteiger partial charge in [-0.25, -0.2) is 4.79 Å². The SMILES string of the molecule is CCCC1CC(OC)(OC)CC(c2ccccc2)N1C(=O)OCC. The molecule has 2 rings (SSSR count). The molecule has 134 valence electrons. The van der Waals surface area contributed by atoms with Crippen LogP contribution in [0.25, 0.3) is 0 Å². The average Bonchev–Trinajstić information content (AvgIpc) is 2.62. The summed E-state index contributed by atoms with van der Waals surface area (Å²) in [5.41, 5.74) is 1.07. The van der Waals surface area contributed by atoms with Gasteiger partial charge in [-0.1, -0.05) is 43.7 Å². The molecule has 5 heteroatoms.